The number of halogens is 3. The number of hydrogen-bond donors (Lipinski definition) is 4. The quantitative estimate of drug-likeness (QED) is 0.381. The van der Waals surface area contributed by atoms with Crippen molar-refractivity contribution in [2.75, 3.05) is 27.5 Å². The van der Waals surface area contributed by atoms with Gasteiger partial charge in [-0.3, -0.25) is 19.4 Å². The minimum Gasteiger partial charge on any atom is -0.507 e. The number of aromatic hydroxyl groups is 2. The van der Waals surface area contributed by atoms with Gasteiger partial charge in [0.1, 0.15) is 17.8 Å². The molecule has 6 rings (SSSR count). The molecule has 4 N–H and O–H groups in total. The molecule has 12 nitrogen and oxygen atoms in total. The number of aryl methyl sites for hydroxylation is 1. The highest BCUT2D eigenvalue weighted by Crippen LogP contribution is 2.58. The molecule has 0 aromatic heterocycles. The molecule has 246 valence electrons. The summed E-state index contributed by atoms with van der Waals surface area (Å²) >= 11 is 0. The Bertz CT molecular complexity index is 1680. The van der Waals surface area contributed by atoms with Gasteiger partial charge in [-0.15, -0.1) is 0 Å². The average Bonchev–Trinajstić information content (AvgIpc) is 3.48. The molecule has 4 aliphatic heterocycles. The molecule has 0 aliphatic carbocycles. The molecule has 0 spiro atoms. The van der Waals surface area contributed by atoms with E-state index in [1.807, 2.05) is 24.9 Å². The van der Waals surface area contributed by atoms with Crippen LogP contribution in [0.4, 0.5) is 13.2 Å². The van der Waals surface area contributed by atoms with E-state index < -0.39 is 48.2 Å². The summed E-state index contributed by atoms with van der Waals surface area (Å²) in [6.45, 7) is 4.33. The second kappa shape index (κ2) is 11.1. The monoisotopic (exact) mass is 645 g/mol. The summed E-state index contributed by atoms with van der Waals surface area (Å²) in [6.07, 6.45) is -4.51. The van der Waals surface area contributed by atoms with Gasteiger partial charge in [-0.1, -0.05) is 6.07 Å². The summed E-state index contributed by atoms with van der Waals surface area (Å²) in [6, 6.07) is -0.0339. The molecule has 0 saturated carbocycles. The highest BCUT2D eigenvalue weighted by atomic mass is 19.4. The van der Waals surface area contributed by atoms with Gasteiger partial charge in [-0.2, -0.15) is 18.4 Å². The molecule has 2 amide bonds. The minimum atomic E-state index is -5.17. The third-order valence-corrected chi connectivity index (χ3v) is 9.76. The summed E-state index contributed by atoms with van der Waals surface area (Å²) in [4.78, 5) is 28.5. The Morgan fingerprint density at radius 3 is 2.50 bits per heavy atom. The lowest BCUT2D eigenvalue weighted by molar-refractivity contribution is -0.174. The van der Waals surface area contributed by atoms with Gasteiger partial charge in [-0.05, 0) is 51.8 Å². The van der Waals surface area contributed by atoms with Gasteiger partial charge in [0.25, 0.3) is 0 Å². The molecule has 4 aliphatic rings. The van der Waals surface area contributed by atoms with E-state index in [2.05, 4.69) is 16.3 Å². The van der Waals surface area contributed by atoms with Crippen LogP contribution in [0, 0.1) is 25.2 Å². The molecule has 2 bridgehead atoms. The van der Waals surface area contributed by atoms with Crippen molar-refractivity contribution >= 4 is 11.8 Å². The van der Waals surface area contributed by atoms with Gasteiger partial charge in [0, 0.05) is 40.9 Å². The van der Waals surface area contributed by atoms with Crippen molar-refractivity contribution in [1.29, 1.82) is 5.26 Å². The van der Waals surface area contributed by atoms with Crippen molar-refractivity contribution < 1.29 is 47.2 Å². The van der Waals surface area contributed by atoms with Crippen molar-refractivity contribution in [3.05, 3.63) is 39.4 Å². The van der Waals surface area contributed by atoms with Crippen molar-refractivity contribution in [3.63, 3.8) is 0 Å². The lowest BCUT2D eigenvalue weighted by Crippen LogP contribution is -2.69. The first-order chi connectivity index (χ1) is 21.7. The topological polar surface area (TPSA) is 157 Å². The Labute approximate surface area is 262 Å². The second-order valence-corrected chi connectivity index (χ2v) is 12.2. The van der Waals surface area contributed by atoms with Gasteiger partial charge >= 0.3 is 12.1 Å². The molecule has 1 saturated heterocycles. The molecule has 1 fully saturated rings. The number of amides is 2. The number of phenolic OH excluding ortho intramolecular Hbond substituents is 2. The van der Waals surface area contributed by atoms with E-state index in [-0.39, 0.29) is 37.3 Å². The van der Waals surface area contributed by atoms with Crippen LogP contribution in [0.1, 0.15) is 52.4 Å². The first-order valence-corrected chi connectivity index (χ1v) is 14.8. The number of likely N-dealkylation sites (N-methyl/N-ethyl adjacent to an activating group) is 1. The number of alkyl halides is 3. The summed E-state index contributed by atoms with van der Waals surface area (Å²) in [5.41, 5.74) is 3.71. The van der Waals surface area contributed by atoms with Crippen molar-refractivity contribution in [3.8, 4) is 34.8 Å². The number of hydrogen-bond acceptors (Lipinski definition) is 10. The summed E-state index contributed by atoms with van der Waals surface area (Å²) in [7, 11) is 3.35. The number of ether oxygens (including phenoxy) is 3. The number of fused-ring (bicyclic) bond motifs is 9. The number of piperazine rings is 1. The molecule has 46 heavy (non-hydrogen) atoms. The fourth-order valence-electron chi connectivity index (χ4n) is 7.74. The Hall–Kier alpha value is -4.42. The molecule has 1 unspecified atom stereocenters. The molecule has 2 aromatic carbocycles. The van der Waals surface area contributed by atoms with Crippen LogP contribution in [0.2, 0.25) is 0 Å². The number of benzene rings is 2. The van der Waals surface area contributed by atoms with E-state index in [1.165, 1.54) is 7.11 Å². The minimum absolute atomic E-state index is 0.0147. The Morgan fingerprint density at radius 2 is 1.85 bits per heavy atom. The maximum atomic E-state index is 13.0. The Kier molecular flexibility index (Phi) is 7.63. The third-order valence-electron chi connectivity index (χ3n) is 9.76. The zero-order valence-electron chi connectivity index (χ0n) is 25.8. The van der Waals surface area contributed by atoms with E-state index in [9.17, 15) is 38.2 Å². The first-order valence-electron chi connectivity index (χ1n) is 14.8. The number of methoxy groups -OCH3 is 1. The van der Waals surface area contributed by atoms with Crippen molar-refractivity contribution in [2.45, 2.75) is 76.0 Å². The zero-order chi connectivity index (χ0) is 33.4. The van der Waals surface area contributed by atoms with Crippen LogP contribution >= 0.6 is 0 Å². The Morgan fingerprint density at radius 1 is 1.15 bits per heavy atom. The predicted octanol–water partition coefficient (Wildman–Crippen LogP) is 2.41. The lowest BCUT2D eigenvalue weighted by Gasteiger charge is -2.60. The highest BCUT2D eigenvalue weighted by molar-refractivity contribution is 5.89. The molecule has 2 aromatic rings. The maximum Gasteiger partial charge on any atom is 0.471 e. The van der Waals surface area contributed by atoms with Crippen LogP contribution in [-0.4, -0.2) is 89.7 Å². The summed E-state index contributed by atoms with van der Waals surface area (Å²) in [5.74, 6) is -2.18. The van der Waals surface area contributed by atoms with Gasteiger partial charge < -0.3 is 35.1 Å². The average molecular weight is 646 g/mol. The van der Waals surface area contributed by atoms with Crippen molar-refractivity contribution in [1.82, 2.24) is 20.4 Å². The normalized spacial score (nSPS) is 25.4. The number of carbonyl (C=O) groups excluding carboxylic acids is 2. The van der Waals surface area contributed by atoms with Crippen LogP contribution < -0.4 is 24.8 Å². The third kappa shape index (κ3) is 4.65. The van der Waals surface area contributed by atoms with Crippen LogP contribution in [-0.2, 0) is 22.4 Å². The van der Waals surface area contributed by atoms with Crippen LogP contribution in [0.5, 0.6) is 28.7 Å². The number of nitrogens with one attached hydrogen (secondary N) is 2. The molecule has 4 heterocycles. The van der Waals surface area contributed by atoms with Gasteiger partial charge in [-0.25, -0.2) is 0 Å². The SMILES string of the molecule is COc1c(C)cc2c(c1O)[C@H]1C3Cc4c(O)c(C)c5c(c4[C@H](CNC(=O)[C@@H](C)NC(=O)C(F)(F)F)N3[C@@H](C#N)[C@@H](C2)N1C)OCO5. The molecular formula is C31H34F3N5O7. The Balaban J connectivity index is 1.47. The zero-order valence-corrected chi connectivity index (χ0v) is 25.8. The molecule has 6 atom stereocenters. The maximum absolute atomic E-state index is 13.0. The van der Waals surface area contributed by atoms with Crippen LogP contribution in [0.3, 0.4) is 0 Å². The standard InChI is InChI=1S/C31H34F3N5O7/c1-12-6-15-7-17-19(9-35)39-18(23(38(17)4)21(15)25(41)26(12)44-5)8-16-22(28-27(45-11-46-28)13(2)24(16)40)20(39)10-36-29(42)14(3)37-30(43)31(32,33)34/h6,14,17-20,23,40-41H,7-8,10-11H2,1-5H3,(H,36,42)(H,37,43)/t14-,17-,18?,19+,20+,23-/m1/s1. The molecular weight excluding hydrogens is 611 g/mol. The van der Waals surface area contributed by atoms with E-state index in [0.29, 0.717) is 45.9 Å². The van der Waals surface area contributed by atoms with E-state index in [4.69, 9.17) is 14.2 Å². The number of carbonyl (C=O) groups is 2. The molecule has 0 radical (unpaired) electrons. The van der Waals surface area contributed by atoms with E-state index in [0.717, 1.165) is 18.1 Å². The van der Waals surface area contributed by atoms with Gasteiger partial charge in [0.05, 0.1) is 25.3 Å². The predicted molar refractivity (Wildman–Crippen MR) is 155 cm³/mol. The van der Waals surface area contributed by atoms with Crippen molar-refractivity contribution in [2.24, 2.45) is 0 Å². The van der Waals surface area contributed by atoms with Gasteiger partial charge in [0.2, 0.25) is 12.7 Å². The van der Waals surface area contributed by atoms with Crippen LogP contribution in [0.15, 0.2) is 6.07 Å². The second-order valence-electron chi connectivity index (χ2n) is 12.2. The fourth-order valence-corrected chi connectivity index (χ4v) is 7.74. The molecule has 15 heteroatoms. The first kappa shape index (κ1) is 31.6. The van der Waals surface area contributed by atoms with E-state index >= 15 is 0 Å². The van der Waals surface area contributed by atoms with Gasteiger partial charge in [0.15, 0.2) is 23.0 Å². The fraction of sp³-hybridized carbons (Fsp3) is 0.516. The number of rotatable bonds is 5. The summed E-state index contributed by atoms with van der Waals surface area (Å²) < 4.78 is 55.7. The number of nitrogens with zero attached hydrogens (tertiary/aromatic N) is 3. The smallest absolute Gasteiger partial charge is 0.471 e. The summed E-state index contributed by atoms with van der Waals surface area (Å²) in [5, 5.41) is 38.0. The lowest BCUT2D eigenvalue weighted by atomic mass is 9.71. The van der Waals surface area contributed by atoms with Crippen LogP contribution in [0.25, 0.3) is 0 Å². The highest BCUT2D eigenvalue weighted by Gasteiger charge is 2.56. The van der Waals surface area contributed by atoms with E-state index in [1.54, 1.807) is 12.2 Å². The number of nitriles is 1. The largest absolute Gasteiger partial charge is 0.507 e. The number of phenols is 2.